The number of fused-ring (bicyclic) bond motifs is 1. The highest BCUT2D eigenvalue weighted by molar-refractivity contribution is 7.92. The van der Waals surface area contributed by atoms with E-state index in [1.807, 2.05) is 35.9 Å². The number of hydrogen-bond acceptors (Lipinski definition) is 7. The predicted octanol–water partition coefficient (Wildman–Crippen LogP) is 7.00. The van der Waals surface area contributed by atoms with E-state index < -0.39 is 15.8 Å². The topological polar surface area (TPSA) is 91.5 Å². The van der Waals surface area contributed by atoms with Gasteiger partial charge in [-0.05, 0) is 56.5 Å². The van der Waals surface area contributed by atoms with Crippen LogP contribution in [0.3, 0.4) is 0 Å². The van der Waals surface area contributed by atoms with Crippen molar-refractivity contribution in [1.29, 1.82) is 0 Å². The van der Waals surface area contributed by atoms with Crippen molar-refractivity contribution in [1.82, 2.24) is 19.7 Å². The first-order valence-electron chi connectivity index (χ1n) is 11.9. The van der Waals surface area contributed by atoms with Crippen LogP contribution in [0.1, 0.15) is 44.1 Å². The lowest BCUT2D eigenvalue weighted by Crippen LogP contribution is -2.19. The Kier molecular flexibility index (Phi) is 7.40. The SMILES string of the molecule is C[C@@H](Oc1ccc2c(c1)c(-c1ccc(N=S(C)(C)=O)nc1)nn2C1CCCCO1)c1c(Cl)cncc1Cl. The molecule has 3 aromatic heterocycles. The fourth-order valence-electron chi connectivity index (χ4n) is 4.42. The molecule has 5 rings (SSSR count). The predicted molar refractivity (Wildman–Crippen MR) is 147 cm³/mol. The van der Waals surface area contributed by atoms with E-state index in [1.54, 1.807) is 37.2 Å². The normalized spacial score (nSPS) is 17.1. The molecule has 0 N–H and O–H groups in total. The van der Waals surface area contributed by atoms with E-state index in [-0.39, 0.29) is 6.23 Å². The van der Waals surface area contributed by atoms with E-state index in [0.717, 1.165) is 41.4 Å². The lowest BCUT2D eigenvalue weighted by molar-refractivity contribution is -0.0365. The van der Waals surface area contributed by atoms with E-state index in [4.69, 9.17) is 37.8 Å². The minimum atomic E-state index is -2.31. The summed E-state index contributed by atoms with van der Waals surface area (Å²) in [6, 6.07) is 9.49. The summed E-state index contributed by atoms with van der Waals surface area (Å²) in [5.41, 5.74) is 3.16. The van der Waals surface area contributed by atoms with Crippen molar-refractivity contribution in [2.24, 2.45) is 4.36 Å². The zero-order valence-corrected chi connectivity index (χ0v) is 23.1. The summed E-state index contributed by atoms with van der Waals surface area (Å²) in [6.07, 6.45) is 10.4. The number of benzene rings is 1. The first kappa shape index (κ1) is 25.9. The molecule has 4 aromatic rings. The van der Waals surface area contributed by atoms with Crippen LogP contribution in [-0.4, -0.2) is 43.1 Å². The molecule has 1 fully saturated rings. The summed E-state index contributed by atoms with van der Waals surface area (Å²) in [4.78, 5) is 8.43. The number of nitrogens with zero attached hydrogens (tertiary/aromatic N) is 5. The standard InChI is InChI=1S/C26H27Cl2N5O3S/c1-16(25-20(27)14-29-15-21(25)28)36-18-8-9-22-19(12-18)26(31-33(22)24-6-4-5-11-35-24)17-7-10-23(30-13-17)32-37(2,3)34/h7-10,12-16,24H,4-6,11H2,1-3H3/t16-,24?/m1/s1. The van der Waals surface area contributed by atoms with Crippen molar-refractivity contribution in [3.05, 3.63) is 64.5 Å². The van der Waals surface area contributed by atoms with Crippen LogP contribution in [0.15, 0.2) is 53.3 Å². The van der Waals surface area contributed by atoms with Crippen LogP contribution in [0, 0.1) is 0 Å². The van der Waals surface area contributed by atoms with E-state index in [0.29, 0.717) is 33.8 Å². The minimum absolute atomic E-state index is 0.141. The van der Waals surface area contributed by atoms with Crippen molar-refractivity contribution in [3.63, 3.8) is 0 Å². The van der Waals surface area contributed by atoms with Crippen molar-refractivity contribution in [3.8, 4) is 17.0 Å². The third-order valence-corrected chi connectivity index (χ3v) is 7.28. The third kappa shape index (κ3) is 5.75. The van der Waals surface area contributed by atoms with Gasteiger partial charge in [-0.25, -0.2) is 13.9 Å². The first-order chi connectivity index (χ1) is 17.7. The zero-order valence-electron chi connectivity index (χ0n) is 20.7. The minimum Gasteiger partial charge on any atom is -0.486 e. The van der Waals surface area contributed by atoms with E-state index in [9.17, 15) is 4.21 Å². The molecular formula is C26H27Cl2N5O3S. The molecule has 1 aliphatic rings. The number of hydrogen-bond donors (Lipinski definition) is 0. The number of ether oxygens (including phenoxy) is 2. The van der Waals surface area contributed by atoms with E-state index in [2.05, 4.69) is 14.3 Å². The number of pyridine rings is 2. The Morgan fingerprint density at radius 2 is 1.92 bits per heavy atom. The molecular weight excluding hydrogens is 533 g/mol. The summed E-state index contributed by atoms with van der Waals surface area (Å²) in [5, 5.41) is 6.74. The van der Waals surface area contributed by atoms with Crippen molar-refractivity contribution in [2.45, 2.75) is 38.5 Å². The van der Waals surface area contributed by atoms with Gasteiger partial charge in [-0.2, -0.15) is 9.46 Å². The van der Waals surface area contributed by atoms with Gasteiger partial charge in [0.2, 0.25) is 0 Å². The molecule has 0 aliphatic carbocycles. The highest BCUT2D eigenvalue weighted by Crippen LogP contribution is 2.37. The molecule has 0 amide bonds. The Hall–Kier alpha value is -2.72. The van der Waals surface area contributed by atoms with Crippen molar-refractivity contribution < 1.29 is 13.7 Å². The van der Waals surface area contributed by atoms with Crippen LogP contribution in [0.2, 0.25) is 10.0 Å². The third-order valence-electron chi connectivity index (χ3n) is 6.05. The van der Waals surface area contributed by atoms with Crippen LogP contribution in [-0.2, 0) is 14.5 Å². The smallest absolute Gasteiger partial charge is 0.161 e. The van der Waals surface area contributed by atoms with Crippen molar-refractivity contribution in [2.75, 3.05) is 19.1 Å². The lowest BCUT2D eigenvalue weighted by atomic mass is 10.1. The van der Waals surface area contributed by atoms with Gasteiger partial charge in [0.05, 0.1) is 15.6 Å². The molecule has 0 spiro atoms. The zero-order chi connectivity index (χ0) is 26.2. The maximum absolute atomic E-state index is 12.1. The monoisotopic (exact) mass is 559 g/mol. The Morgan fingerprint density at radius 3 is 2.57 bits per heavy atom. The van der Waals surface area contributed by atoms with Gasteiger partial charge >= 0.3 is 0 Å². The molecule has 194 valence electrons. The Labute approximate surface area is 226 Å². The fraction of sp³-hybridized carbons (Fsp3) is 0.346. The summed E-state index contributed by atoms with van der Waals surface area (Å²) < 4.78 is 30.5. The average Bonchev–Trinajstić information content (AvgIpc) is 3.23. The summed E-state index contributed by atoms with van der Waals surface area (Å²) in [6.45, 7) is 2.60. The Morgan fingerprint density at radius 1 is 1.14 bits per heavy atom. The molecule has 2 atom stereocenters. The van der Waals surface area contributed by atoms with Gasteiger partial charge in [0, 0.05) is 64.0 Å². The second-order valence-electron chi connectivity index (χ2n) is 9.25. The van der Waals surface area contributed by atoms with Crippen LogP contribution < -0.4 is 4.74 Å². The largest absolute Gasteiger partial charge is 0.486 e. The lowest BCUT2D eigenvalue weighted by Gasteiger charge is -2.23. The number of rotatable bonds is 6. The first-order valence-corrected chi connectivity index (χ1v) is 15.0. The molecule has 1 saturated heterocycles. The number of halogens is 2. The molecule has 0 bridgehead atoms. The van der Waals surface area contributed by atoms with E-state index >= 15 is 0 Å². The van der Waals surface area contributed by atoms with Crippen LogP contribution in [0.25, 0.3) is 22.2 Å². The second kappa shape index (κ2) is 10.6. The van der Waals surface area contributed by atoms with Gasteiger partial charge < -0.3 is 9.47 Å². The van der Waals surface area contributed by atoms with Gasteiger partial charge in [-0.15, -0.1) is 0 Å². The van der Waals surface area contributed by atoms with Gasteiger partial charge in [-0.3, -0.25) is 4.98 Å². The van der Waals surface area contributed by atoms with E-state index in [1.165, 1.54) is 0 Å². The Balaban J connectivity index is 1.56. The van der Waals surface area contributed by atoms with Crippen molar-refractivity contribution >= 4 is 49.7 Å². The molecule has 1 aromatic carbocycles. The molecule has 8 nitrogen and oxygen atoms in total. The number of aromatic nitrogens is 4. The molecule has 1 unspecified atom stereocenters. The molecule has 11 heteroatoms. The quantitative estimate of drug-likeness (QED) is 0.252. The fourth-order valence-corrected chi connectivity index (χ4v) is 5.65. The summed E-state index contributed by atoms with van der Waals surface area (Å²) >= 11 is 12.7. The van der Waals surface area contributed by atoms with Gasteiger partial charge in [0.15, 0.2) is 12.0 Å². The molecule has 1 aliphatic heterocycles. The summed E-state index contributed by atoms with van der Waals surface area (Å²) in [5.74, 6) is 1.06. The molecule has 37 heavy (non-hydrogen) atoms. The highest BCUT2D eigenvalue weighted by atomic mass is 35.5. The maximum Gasteiger partial charge on any atom is 0.161 e. The summed E-state index contributed by atoms with van der Waals surface area (Å²) in [7, 11) is -2.31. The average molecular weight is 561 g/mol. The van der Waals surface area contributed by atoms with Gasteiger partial charge in [0.25, 0.3) is 0 Å². The van der Waals surface area contributed by atoms with Gasteiger partial charge in [0.1, 0.15) is 17.5 Å². The van der Waals surface area contributed by atoms with Gasteiger partial charge in [-0.1, -0.05) is 23.2 Å². The second-order valence-corrected chi connectivity index (χ2v) is 12.6. The highest BCUT2D eigenvalue weighted by Gasteiger charge is 2.23. The van der Waals surface area contributed by atoms with Crippen LogP contribution >= 0.6 is 23.2 Å². The van der Waals surface area contributed by atoms with Crippen LogP contribution in [0.5, 0.6) is 5.75 Å². The van der Waals surface area contributed by atoms with Crippen LogP contribution in [0.4, 0.5) is 5.82 Å². The molecule has 0 radical (unpaired) electrons. The Bertz CT molecular complexity index is 1530. The maximum atomic E-state index is 12.1. The molecule has 0 saturated carbocycles. The molecule has 4 heterocycles.